The van der Waals surface area contributed by atoms with E-state index in [-0.39, 0.29) is 18.1 Å². The second kappa shape index (κ2) is 5.89. The summed E-state index contributed by atoms with van der Waals surface area (Å²) in [5.41, 5.74) is 0.153. The van der Waals surface area contributed by atoms with Gasteiger partial charge in [-0.1, -0.05) is 20.8 Å². The number of halogens is 2. The van der Waals surface area contributed by atoms with Crippen LogP contribution in [0.1, 0.15) is 20.8 Å². The summed E-state index contributed by atoms with van der Waals surface area (Å²) in [4.78, 5) is 2.17. The van der Waals surface area contributed by atoms with Crippen molar-refractivity contribution in [2.24, 2.45) is 5.41 Å². The number of nitrogens with zero attached hydrogens (tertiary/aromatic N) is 1. The van der Waals surface area contributed by atoms with E-state index in [1.54, 1.807) is 0 Å². The molecule has 0 aromatic carbocycles. The normalized spacial score (nSPS) is 24.0. The second-order valence-corrected chi connectivity index (χ2v) is 5.35. The minimum atomic E-state index is -2.70. The zero-order valence-corrected chi connectivity index (χ0v) is 10.2. The molecule has 0 spiro atoms. The lowest BCUT2D eigenvalue weighted by molar-refractivity contribution is -0.155. The number of rotatable bonds is 4. The van der Waals surface area contributed by atoms with Gasteiger partial charge in [-0.25, -0.2) is 0 Å². The van der Waals surface area contributed by atoms with E-state index in [1.807, 2.05) is 0 Å². The van der Waals surface area contributed by atoms with Crippen molar-refractivity contribution in [3.05, 3.63) is 0 Å². The van der Waals surface area contributed by atoms with E-state index in [1.165, 1.54) is 0 Å². The smallest absolute Gasteiger partial charge is 0.345 e. The maximum Gasteiger partial charge on any atom is 0.345 e. The summed E-state index contributed by atoms with van der Waals surface area (Å²) in [6.45, 7) is 6.53. The Bertz CT molecular complexity index is 207. The highest BCUT2D eigenvalue weighted by molar-refractivity contribution is 4.79. The largest absolute Gasteiger partial charge is 0.378 e. The first-order valence-corrected chi connectivity index (χ1v) is 5.60. The predicted octanol–water partition coefficient (Wildman–Crippen LogP) is 1.97. The van der Waals surface area contributed by atoms with E-state index in [9.17, 15) is 8.78 Å². The number of morpholine rings is 1. The average Bonchev–Trinajstić information content (AvgIpc) is 2.14. The fraction of sp³-hybridized carbons (Fsp3) is 1.00. The fourth-order valence-corrected chi connectivity index (χ4v) is 1.84. The summed E-state index contributed by atoms with van der Waals surface area (Å²) in [5.74, 6) is 0. The SMILES string of the molecule is CC(C)(C)CN1CCOCC1COC(F)F. The van der Waals surface area contributed by atoms with E-state index in [0.29, 0.717) is 13.2 Å². The molecule has 1 aliphatic heterocycles. The van der Waals surface area contributed by atoms with Crippen LogP contribution in [0, 0.1) is 5.41 Å². The molecule has 0 bridgehead atoms. The molecule has 96 valence electrons. The van der Waals surface area contributed by atoms with Gasteiger partial charge in [0.15, 0.2) is 0 Å². The first-order valence-electron chi connectivity index (χ1n) is 5.60. The molecule has 5 heteroatoms. The van der Waals surface area contributed by atoms with E-state index in [2.05, 4.69) is 30.4 Å². The van der Waals surface area contributed by atoms with Crippen LogP contribution in [-0.2, 0) is 9.47 Å². The van der Waals surface area contributed by atoms with Crippen molar-refractivity contribution in [3.63, 3.8) is 0 Å². The van der Waals surface area contributed by atoms with Crippen LogP contribution in [0.5, 0.6) is 0 Å². The van der Waals surface area contributed by atoms with Crippen LogP contribution in [0.25, 0.3) is 0 Å². The minimum Gasteiger partial charge on any atom is -0.378 e. The molecular weight excluding hydrogens is 216 g/mol. The summed E-state index contributed by atoms with van der Waals surface area (Å²) in [7, 11) is 0. The van der Waals surface area contributed by atoms with Gasteiger partial charge in [-0.3, -0.25) is 4.90 Å². The summed E-state index contributed by atoms with van der Waals surface area (Å²) in [5, 5.41) is 0. The molecule has 1 aliphatic rings. The summed E-state index contributed by atoms with van der Waals surface area (Å²) in [6.07, 6.45) is 0. The molecule has 0 aromatic heterocycles. The van der Waals surface area contributed by atoms with Crippen molar-refractivity contribution in [2.45, 2.75) is 33.4 Å². The number of hydrogen-bond donors (Lipinski definition) is 0. The standard InChI is InChI=1S/C11H21F2NO2/c1-11(2,3)8-14-4-5-15-6-9(14)7-16-10(12)13/h9-10H,4-8H2,1-3H3. The average molecular weight is 237 g/mol. The van der Waals surface area contributed by atoms with Crippen molar-refractivity contribution < 1.29 is 18.3 Å². The van der Waals surface area contributed by atoms with Crippen molar-refractivity contribution in [1.29, 1.82) is 0 Å². The number of ether oxygens (including phenoxy) is 2. The van der Waals surface area contributed by atoms with Gasteiger partial charge >= 0.3 is 6.61 Å². The molecule has 1 unspecified atom stereocenters. The van der Waals surface area contributed by atoms with Crippen LogP contribution >= 0.6 is 0 Å². The summed E-state index contributed by atoms with van der Waals surface area (Å²) >= 11 is 0. The van der Waals surface area contributed by atoms with Gasteiger partial charge in [0.1, 0.15) is 0 Å². The molecule has 1 heterocycles. The zero-order valence-electron chi connectivity index (χ0n) is 10.2. The van der Waals surface area contributed by atoms with Crippen molar-refractivity contribution in [2.75, 3.05) is 32.9 Å². The molecule has 1 fully saturated rings. The van der Waals surface area contributed by atoms with Crippen LogP contribution in [0.15, 0.2) is 0 Å². The second-order valence-electron chi connectivity index (χ2n) is 5.35. The molecule has 0 aliphatic carbocycles. The van der Waals surface area contributed by atoms with Gasteiger partial charge in [0.05, 0.1) is 25.9 Å². The Kier molecular flexibility index (Phi) is 5.08. The molecule has 3 nitrogen and oxygen atoms in total. The Balaban J connectivity index is 2.44. The third kappa shape index (κ3) is 5.18. The van der Waals surface area contributed by atoms with E-state index >= 15 is 0 Å². The first kappa shape index (κ1) is 13.8. The van der Waals surface area contributed by atoms with Crippen molar-refractivity contribution in [1.82, 2.24) is 4.90 Å². The molecule has 1 saturated heterocycles. The van der Waals surface area contributed by atoms with Gasteiger partial charge in [-0.2, -0.15) is 8.78 Å². The lowest BCUT2D eigenvalue weighted by Gasteiger charge is -2.39. The third-order valence-electron chi connectivity index (χ3n) is 2.44. The summed E-state index contributed by atoms with van der Waals surface area (Å²) in [6, 6.07) is -0.0537. The maximum absolute atomic E-state index is 12.0. The molecule has 0 amide bonds. The Labute approximate surface area is 95.7 Å². The molecule has 16 heavy (non-hydrogen) atoms. The summed E-state index contributed by atoms with van der Waals surface area (Å²) < 4.78 is 33.6. The van der Waals surface area contributed by atoms with Crippen LogP contribution in [0.4, 0.5) is 8.78 Å². The van der Waals surface area contributed by atoms with Crippen LogP contribution < -0.4 is 0 Å². The fourth-order valence-electron chi connectivity index (χ4n) is 1.84. The van der Waals surface area contributed by atoms with Crippen molar-refractivity contribution in [3.8, 4) is 0 Å². The van der Waals surface area contributed by atoms with Gasteiger partial charge in [-0.15, -0.1) is 0 Å². The predicted molar refractivity (Wildman–Crippen MR) is 57.6 cm³/mol. The Morgan fingerprint density at radius 1 is 1.44 bits per heavy atom. The molecule has 1 atom stereocenters. The quantitative estimate of drug-likeness (QED) is 0.746. The monoisotopic (exact) mass is 237 g/mol. The molecule has 0 aromatic rings. The highest BCUT2D eigenvalue weighted by atomic mass is 19.3. The highest BCUT2D eigenvalue weighted by Crippen LogP contribution is 2.19. The maximum atomic E-state index is 12.0. The van der Waals surface area contributed by atoms with Gasteiger partial charge < -0.3 is 9.47 Å². The van der Waals surface area contributed by atoms with E-state index < -0.39 is 6.61 Å². The Morgan fingerprint density at radius 3 is 2.69 bits per heavy atom. The molecular formula is C11H21F2NO2. The van der Waals surface area contributed by atoms with E-state index in [4.69, 9.17) is 4.74 Å². The Hall–Kier alpha value is -0.260. The van der Waals surface area contributed by atoms with E-state index in [0.717, 1.165) is 13.1 Å². The third-order valence-corrected chi connectivity index (χ3v) is 2.44. The van der Waals surface area contributed by atoms with Crippen LogP contribution in [-0.4, -0.2) is 50.5 Å². The van der Waals surface area contributed by atoms with Gasteiger partial charge in [-0.05, 0) is 5.41 Å². The van der Waals surface area contributed by atoms with Crippen molar-refractivity contribution >= 4 is 0 Å². The van der Waals surface area contributed by atoms with Gasteiger partial charge in [0, 0.05) is 13.1 Å². The molecule has 0 saturated carbocycles. The molecule has 0 radical (unpaired) electrons. The first-order chi connectivity index (χ1) is 7.38. The number of alkyl halides is 2. The highest BCUT2D eigenvalue weighted by Gasteiger charge is 2.27. The lowest BCUT2D eigenvalue weighted by Crippen LogP contribution is -2.50. The number of hydrogen-bond acceptors (Lipinski definition) is 3. The van der Waals surface area contributed by atoms with Crippen LogP contribution in [0.3, 0.4) is 0 Å². The zero-order chi connectivity index (χ0) is 12.2. The lowest BCUT2D eigenvalue weighted by atomic mass is 9.95. The molecule has 1 rings (SSSR count). The Morgan fingerprint density at radius 2 is 2.12 bits per heavy atom. The van der Waals surface area contributed by atoms with Crippen LogP contribution in [0.2, 0.25) is 0 Å². The molecule has 0 N–H and O–H groups in total. The topological polar surface area (TPSA) is 21.7 Å². The minimum absolute atomic E-state index is 0.0355. The van der Waals surface area contributed by atoms with Gasteiger partial charge in [0.2, 0.25) is 0 Å². The van der Waals surface area contributed by atoms with Gasteiger partial charge in [0.25, 0.3) is 0 Å².